The first-order valence-corrected chi connectivity index (χ1v) is 12.1. The molecule has 0 aromatic heterocycles. The number of hydrogen-bond donors (Lipinski definition) is 2. The van der Waals surface area contributed by atoms with E-state index < -0.39 is 9.84 Å². The normalized spacial score (nSPS) is 21.4. The molecule has 0 spiro atoms. The highest BCUT2D eigenvalue weighted by atomic mass is 32.2. The van der Waals surface area contributed by atoms with Crippen LogP contribution in [0.5, 0.6) is 5.75 Å². The zero-order chi connectivity index (χ0) is 21.6. The van der Waals surface area contributed by atoms with Crippen LogP contribution in [-0.2, 0) is 14.6 Å². The molecular weight excluding hydrogens is 406 g/mol. The molecule has 10 heteroatoms. The van der Waals surface area contributed by atoms with Gasteiger partial charge in [0.2, 0.25) is 5.91 Å². The highest BCUT2D eigenvalue weighted by Gasteiger charge is 2.28. The molecule has 1 aromatic rings. The molecule has 0 saturated carbocycles. The second kappa shape index (κ2) is 10.0. The molecule has 9 nitrogen and oxygen atoms in total. The maximum Gasteiger partial charge on any atom is 0.222 e. The standard InChI is InChI=1S/C20H31N5O4S/c1-21-20(22-8-6-19(26)23-16-7-13-30(27,28)15-16)25-11-9-24(10-12-25)17-4-3-5-18(14-17)29-2/h3-5,14,16H,6-13,15H2,1-2H3,(H,21,22)(H,23,26). The molecule has 30 heavy (non-hydrogen) atoms. The third-order valence-electron chi connectivity index (χ3n) is 5.44. The minimum atomic E-state index is -2.99. The van der Waals surface area contributed by atoms with Gasteiger partial charge in [-0.3, -0.25) is 9.79 Å². The summed E-state index contributed by atoms with van der Waals surface area (Å²) in [4.78, 5) is 20.9. The number of carbonyl (C=O) groups is 1. The topological polar surface area (TPSA) is 103 Å². The number of aliphatic imine (C=N–C) groups is 1. The zero-order valence-corrected chi connectivity index (χ0v) is 18.5. The van der Waals surface area contributed by atoms with Crippen molar-refractivity contribution in [2.45, 2.75) is 18.9 Å². The van der Waals surface area contributed by atoms with Gasteiger partial charge in [-0.05, 0) is 18.6 Å². The number of anilines is 1. The van der Waals surface area contributed by atoms with Gasteiger partial charge in [0.15, 0.2) is 15.8 Å². The quantitative estimate of drug-likeness (QED) is 0.480. The van der Waals surface area contributed by atoms with Crippen LogP contribution in [-0.4, -0.2) is 89.6 Å². The first kappa shape index (κ1) is 22.2. The average Bonchev–Trinajstić information content (AvgIpc) is 3.09. The maximum absolute atomic E-state index is 12.1. The van der Waals surface area contributed by atoms with Crippen LogP contribution >= 0.6 is 0 Å². The van der Waals surface area contributed by atoms with E-state index >= 15 is 0 Å². The van der Waals surface area contributed by atoms with E-state index in [9.17, 15) is 13.2 Å². The molecular formula is C20H31N5O4S. The number of carbonyl (C=O) groups excluding carboxylic acids is 1. The number of benzene rings is 1. The Labute approximate surface area is 178 Å². The van der Waals surface area contributed by atoms with Gasteiger partial charge in [0.05, 0.1) is 18.6 Å². The third-order valence-corrected chi connectivity index (χ3v) is 7.21. The molecule has 2 N–H and O–H groups in total. The molecule has 1 atom stereocenters. The summed E-state index contributed by atoms with van der Waals surface area (Å²) < 4.78 is 28.3. The van der Waals surface area contributed by atoms with Gasteiger partial charge in [-0.2, -0.15) is 0 Å². The van der Waals surface area contributed by atoms with Crippen LogP contribution in [0.4, 0.5) is 5.69 Å². The van der Waals surface area contributed by atoms with E-state index in [2.05, 4.69) is 31.5 Å². The fourth-order valence-corrected chi connectivity index (χ4v) is 5.49. The first-order chi connectivity index (χ1) is 14.4. The van der Waals surface area contributed by atoms with Crippen LogP contribution in [0.1, 0.15) is 12.8 Å². The van der Waals surface area contributed by atoms with Crippen LogP contribution in [0.2, 0.25) is 0 Å². The maximum atomic E-state index is 12.1. The molecule has 3 rings (SSSR count). The van der Waals surface area contributed by atoms with Crippen molar-refractivity contribution in [1.29, 1.82) is 0 Å². The number of methoxy groups -OCH3 is 1. The lowest BCUT2D eigenvalue weighted by atomic mass is 10.2. The van der Waals surface area contributed by atoms with E-state index in [0.717, 1.165) is 43.6 Å². The number of sulfone groups is 1. The van der Waals surface area contributed by atoms with Crippen molar-refractivity contribution in [3.63, 3.8) is 0 Å². The molecule has 2 aliphatic heterocycles. The highest BCUT2D eigenvalue weighted by Crippen LogP contribution is 2.22. The Kier molecular flexibility index (Phi) is 7.41. The summed E-state index contributed by atoms with van der Waals surface area (Å²) in [7, 11) is 0.416. The second-order valence-electron chi connectivity index (χ2n) is 7.57. The molecule has 0 radical (unpaired) electrons. The summed E-state index contributed by atoms with van der Waals surface area (Å²) >= 11 is 0. The van der Waals surface area contributed by atoms with E-state index in [-0.39, 0.29) is 29.9 Å². The molecule has 1 unspecified atom stereocenters. The number of rotatable bonds is 6. The Hall–Kier alpha value is -2.49. The van der Waals surface area contributed by atoms with Crippen molar-refractivity contribution in [3.05, 3.63) is 24.3 Å². The van der Waals surface area contributed by atoms with Crippen molar-refractivity contribution < 1.29 is 17.9 Å². The lowest BCUT2D eigenvalue weighted by Crippen LogP contribution is -2.53. The second-order valence-corrected chi connectivity index (χ2v) is 9.80. The zero-order valence-electron chi connectivity index (χ0n) is 17.6. The van der Waals surface area contributed by atoms with Crippen molar-refractivity contribution in [3.8, 4) is 5.75 Å². The number of nitrogens with zero attached hydrogens (tertiary/aromatic N) is 3. The number of ether oxygens (including phenoxy) is 1. The summed E-state index contributed by atoms with van der Waals surface area (Å²) in [5.41, 5.74) is 1.14. The summed E-state index contributed by atoms with van der Waals surface area (Å²) in [5.74, 6) is 1.69. The largest absolute Gasteiger partial charge is 0.497 e. The Bertz CT molecular complexity index is 866. The van der Waals surface area contributed by atoms with Gasteiger partial charge in [-0.15, -0.1) is 0 Å². The molecule has 0 aliphatic carbocycles. The monoisotopic (exact) mass is 437 g/mol. The van der Waals surface area contributed by atoms with Gasteiger partial charge in [0.25, 0.3) is 0 Å². The Balaban J connectivity index is 1.41. The predicted molar refractivity (Wildman–Crippen MR) is 118 cm³/mol. The lowest BCUT2D eigenvalue weighted by molar-refractivity contribution is -0.121. The number of guanidine groups is 1. The van der Waals surface area contributed by atoms with E-state index in [4.69, 9.17) is 4.74 Å². The van der Waals surface area contributed by atoms with Gasteiger partial charge in [-0.25, -0.2) is 8.42 Å². The molecule has 1 amide bonds. The minimum absolute atomic E-state index is 0.0470. The van der Waals surface area contributed by atoms with Gasteiger partial charge in [-0.1, -0.05) is 6.07 Å². The van der Waals surface area contributed by atoms with E-state index in [1.165, 1.54) is 0 Å². The van der Waals surface area contributed by atoms with Crippen molar-refractivity contribution >= 4 is 27.4 Å². The van der Waals surface area contributed by atoms with Crippen LogP contribution in [0, 0.1) is 0 Å². The van der Waals surface area contributed by atoms with Gasteiger partial charge in [0.1, 0.15) is 5.75 Å². The van der Waals surface area contributed by atoms with Crippen molar-refractivity contribution in [2.75, 3.05) is 63.3 Å². The van der Waals surface area contributed by atoms with Crippen LogP contribution in [0.15, 0.2) is 29.3 Å². The molecule has 2 aliphatic rings. The minimum Gasteiger partial charge on any atom is -0.497 e. The first-order valence-electron chi connectivity index (χ1n) is 10.2. The highest BCUT2D eigenvalue weighted by molar-refractivity contribution is 7.91. The Morgan fingerprint density at radius 1 is 1.27 bits per heavy atom. The number of hydrogen-bond acceptors (Lipinski definition) is 6. The van der Waals surface area contributed by atoms with Gasteiger partial charge < -0.3 is 25.2 Å². The summed E-state index contributed by atoms with van der Waals surface area (Å²) in [5, 5.41) is 6.05. The van der Waals surface area contributed by atoms with E-state index in [1.807, 2.05) is 18.2 Å². The summed E-state index contributed by atoms with van der Waals surface area (Å²) in [6.45, 7) is 3.83. The van der Waals surface area contributed by atoms with E-state index in [0.29, 0.717) is 13.0 Å². The average molecular weight is 438 g/mol. The fraction of sp³-hybridized carbons (Fsp3) is 0.600. The molecule has 166 valence electrons. The molecule has 0 bridgehead atoms. The van der Waals surface area contributed by atoms with Gasteiger partial charge in [0, 0.05) is 64.0 Å². The third kappa shape index (κ3) is 6.01. The van der Waals surface area contributed by atoms with Gasteiger partial charge >= 0.3 is 0 Å². The SMILES string of the molecule is CN=C(NCCC(=O)NC1CCS(=O)(=O)C1)N1CCN(c2cccc(OC)c2)CC1. The Morgan fingerprint density at radius 2 is 2.03 bits per heavy atom. The van der Waals surface area contributed by atoms with Crippen LogP contribution in [0.25, 0.3) is 0 Å². The van der Waals surface area contributed by atoms with Crippen molar-refractivity contribution in [1.82, 2.24) is 15.5 Å². The number of nitrogens with one attached hydrogen (secondary N) is 2. The summed E-state index contributed by atoms with van der Waals surface area (Å²) in [6.07, 6.45) is 0.778. The Morgan fingerprint density at radius 3 is 2.67 bits per heavy atom. The van der Waals surface area contributed by atoms with Crippen LogP contribution in [0.3, 0.4) is 0 Å². The molecule has 1 aromatic carbocycles. The van der Waals surface area contributed by atoms with Crippen molar-refractivity contribution in [2.24, 2.45) is 4.99 Å². The number of piperazine rings is 1. The molecule has 2 heterocycles. The van der Waals surface area contributed by atoms with Crippen LogP contribution < -0.4 is 20.3 Å². The molecule has 2 fully saturated rings. The predicted octanol–water partition coefficient (Wildman–Crippen LogP) is 0.0860. The van der Waals surface area contributed by atoms with E-state index in [1.54, 1.807) is 14.2 Å². The number of amides is 1. The lowest BCUT2D eigenvalue weighted by Gasteiger charge is -2.37. The molecule has 2 saturated heterocycles. The fourth-order valence-electron chi connectivity index (χ4n) is 3.81. The smallest absolute Gasteiger partial charge is 0.222 e. The summed E-state index contributed by atoms with van der Waals surface area (Å²) in [6, 6.07) is 7.79.